The minimum absolute atomic E-state index is 0.0678. The summed E-state index contributed by atoms with van der Waals surface area (Å²) in [6, 6.07) is 7.77. The summed E-state index contributed by atoms with van der Waals surface area (Å²) in [5, 5.41) is 7.68. The molecule has 1 unspecified atom stereocenters. The molecule has 1 N–H and O–H groups in total. The summed E-state index contributed by atoms with van der Waals surface area (Å²) in [6.45, 7) is 2.17. The summed E-state index contributed by atoms with van der Waals surface area (Å²) in [4.78, 5) is 15.6. The number of carbonyl (C=O) groups excluding carboxylic acids is 1. The molecule has 1 aromatic heterocycles. The number of nitrogens with one attached hydrogen (secondary N) is 1. The van der Waals surface area contributed by atoms with E-state index in [-0.39, 0.29) is 23.5 Å². The highest BCUT2D eigenvalue weighted by Crippen LogP contribution is 2.32. The van der Waals surface area contributed by atoms with Gasteiger partial charge in [0, 0.05) is 30.0 Å². The standard InChI is InChI=1S/C22H28N4O3S/c27-22(23-16-7-9-17(10-8-16)25-12-2-1-3-13-25)21-19-5-4-6-20(19)24-26(21)18-11-14-30(28,29)15-18/h7-10,18H,1-6,11-15H2,(H,23,27). The van der Waals surface area contributed by atoms with Crippen molar-refractivity contribution in [3.63, 3.8) is 0 Å². The molecule has 30 heavy (non-hydrogen) atoms. The topological polar surface area (TPSA) is 84.3 Å². The molecule has 3 aliphatic rings. The second kappa shape index (κ2) is 7.72. The highest BCUT2D eigenvalue weighted by molar-refractivity contribution is 7.91. The maximum absolute atomic E-state index is 13.2. The lowest BCUT2D eigenvalue weighted by molar-refractivity contribution is 0.101. The molecule has 0 bridgehead atoms. The van der Waals surface area contributed by atoms with Gasteiger partial charge in [0.15, 0.2) is 9.84 Å². The van der Waals surface area contributed by atoms with Crippen LogP contribution in [0.15, 0.2) is 24.3 Å². The molecule has 0 radical (unpaired) electrons. The van der Waals surface area contributed by atoms with E-state index in [0.717, 1.165) is 49.3 Å². The zero-order valence-electron chi connectivity index (χ0n) is 17.1. The van der Waals surface area contributed by atoms with E-state index >= 15 is 0 Å². The van der Waals surface area contributed by atoms with E-state index in [0.29, 0.717) is 12.1 Å². The van der Waals surface area contributed by atoms with Crippen molar-refractivity contribution in [3.05, 3.63) is 41.2 Å². The number of nitrogens with zero attached hydrogens (tertiary/aromatic N) is 3. The van der Waals surface area contributed by atoms with Gasteiger partial charge in [-0.3, -0.25) is 9.48 Å². The predicted molar refractivity (Wildman–Crippen MR) is 117 cm³/mol. The van der Waals surface area contributed by atoms with Gasteiger partial charge >= 0.3 is 0 Å². The third-order valence-corrected chi connectivity index (χ3v) is 8.30. The van der Waals surface area contributed by atoms with E-state index in [9.17, 15) is 13.2 Å². The molecule has 1 aromatic carbocycles. The fourth-order valence-electron chi connectivity index (χ4n) is 4.98. The second-order valence-corrected chi connectivity index (χ2v) is 10.9. The van der Waals surface area contributed by atoms with Gasteiger partial charge in [0.25, 0.3) is 5.91 Å². The number of hydrogen-bond donors (Lipinski definition) is 1. The summed E-state index contributed by atoms with van der Waals surface area (Å²) >= 11 is 0. The summed E-state index contributed by atoms with van der Waals surface area (Å²) in [6.07, 6.45) is 6.94. The van der Waals surface area contributed by atoms with E-state index in [1.54, 1.807) is 4.68 Å². The van der Waals surface area contributed by atoms with Crippen molar-refractivity contribution in [1.82, 2.24) is 9.78 Å². The van der Waals surface area contributed by atoms with Gasteiger partial charge in [-0.15, -0.1) is 0 Å². The Morgan fingerprint density at radius 2 is 1.80 bits per heavy atom. The van der Waals surface area contributed by atoms with Crippen molar-refractivity contribution < 1.29 is 13.2 Å². The smallest absolute Gasteiger partial charge is 0.274 e. The molecule has 3 heterocycles. The van der Waals surface area contributed by atoms with E-state index in [2.05, 4.69) is 27.4 Å². The highest BCUT2D eigenvalue weighted by Gasteiger charge is 2.35. The minimum atomic E-state index is -3.05. The summed E-state index contributed by atoms with van der Waals surface area (Å²) in [5.74, 6) is 0.0419. The van der Waals surface area contributed by atoms with Crippen LogP contribution in [0.1, 0.15) is 59.9 Å². The maximum atomic E-state index is 13.2. The van der Waals surface area contributed by atoms with E-state index < -0.39 is 9.84 Å². The average molecular weight is 429 g/mol. The molecular weight excluding hydrogens is 400 g/mol. The molecule has 2 saturated heterocycles. The van der Waals surface area contributed by atoms with Crippen LogP contribution in [-0.2, 0) is 22.7 Å². The van der Waals surface area contributed by atoms with Crippen molar-refractivity contribution in [2.45, 2.75) is 51.0 Å². The fraction of sp³-hybridized carbons (Fsp3) is 0.545. The second-order valence-electron chi connectivity index (χ2n) is 8.68. The number of benzene rings is 1. The van der Waals surface area contributed by atoms with Crippen molar-refractivity contribution in [2.24, 2.45) is 0 Å². The first kappa shape index (κ1) is 19.6. The van der Waals surface area contributed by atoms with Crippen molar-refractivity contribution in [1.29, 1.82) is 0 Å². The summed E-state index contributed by atoms with van der Waals surface area (Å²) in [5.41, 5.74) is 4.42. The molecule has 160 valence electrons. The molecule has 1 amide bonds. The number of rotatable bonds is 4. The van der Waals surface area contributed by atoms with E-state index in [1.165, 1.54) is 24.9 Å². The first-order valence-corrected chi connectivity index (χ1v) is 12.8. The number of aryl methyl sites for hydroxylation is 1. The van der Waals surface area contributed by atoms with Crippen LogP contribution in [0.5, 0.6) is 0 Å². The van der Waals surface area contributed by atoms with Gasteiger partial charge in [0.05, 0.1) is 23.2 Å². The highest BCUT2D eigenvalue weighted by atomic mass is 32.2. The normalized spacial score (nSPS) is 22.8. The number of sulfone groups is 1. The lowest BCUT2D eigenvalue weighted by Gasteiger charge is -2.28. The van der Waals surface area contributed by atoms with Crippen LogP contribution in [0.3, 0.4) is 0 Å². The average Bonchev–Trinajstić information content (AvgIpc) is 3.42. The molecule has 0 spiro atoms. The Labute approximate surface area is 177 Å². The van der Waals surface area contributed by atoms with E-state index in [4.69, 9.17) is 0 Å². The van der Waals surface area contributed by atoms with Gasteiger partial charge in [-0.05, 0) is 69.2 Å². The van der Waals surface area contributed by atoms with Crippen LogP contribution in [0.2, 0.25) is 0 Å². The predicted octanol–water partition coefficient (Wildman–Crippen LogP) is 2.97. The Morgan fingerprint density at radius 1 is 1.03 bits per heavy atom. The van der Waals surface area contributed by atoms with Gasteiger partial charge in [-0.25, -0.2) is 8.42 Å². The van der Waals surface area contributed by atoms with Crippen LogP contribution >= 0.6 is 0 Å². The molecule has 2 aromatic rings. The van der Waals surface area contributed by atoms with Crippen LogP contribution in [-0.4, -0.2) is 48.7 Å². The van der Waals surface area contributed by atoms with E-state index in [1.807, 2.05) is 12.1 Å². The van der Waals surface area contributed by atoms with Crippen molar-refractivity contribution in [3.8, 4) is 0 Å². The molecule has 1 atom stereocenters. The quantitative estimate of drug-likeness (QED) is 0.809. The number of anilines is 2. The van der Waals surface area contributed by atoms with Crippen molar-refractivity contribution >= 4 is 27.1 Å². The van der Waals surface area contributed by atoms with Crippen LogP contribution in [0.25, 0.3) is 0 Å². The minimum Gasteiger partial charge on any atom is -0.372 e. The molecule has 2 aliphatic heterocycles. The Morgan fingerprint density at radius 3 is 2.50 bits per heavy atom. The van der Waals surface area contributed by atoms with Gasteiger partial charge in [-0.2, -0.15) is 5.10 Å². The fourth-order valence-corrected chi connectivity index (χ4v) is 6.68. The number of carbonyl (C=O) groups is 1. The number of fused-ring (bicyclic) bond motifs is 1. The largest absolute Gasteiger partial charge is 0.372 e. The summed E-state index contributed by atoms with van der Waals surface area (Å²) < 4.78 is 25.7. The Bertz CT molecular complexity index is 1050. The molecule has 1 aliphatic carbocycles. The molecule has 2 fully saturated rings. The number of aromatic nitrogens is 2. The van der Waals surface area contributed by atoms with Gasteiger partial charge in [-0.1, -0.05) is 0 Å². The third kappa shape index (κ3) is 3.73. The lowest BCUT2D eigenvalue weighted by Crippen LogP contribution is -2.29. The number of hydrogen-bond acceptors (Lipinski definition) is 5. The monoisotopic (exact) mass is 428 g/mol. The molecular formula is C22H28N4O3S. The molecule has 8 heteroatoms. The molecule has 0 saturated carbocycles. The van der Waals surface area contributed by atoms with Gasteiger partial charge in [0.1, 0.15) is 5.69 Å². The zero-order chi connectivity index (χ0) is 20.7. The number of amides is 1. The van der Waals surface area contributed by atoms with Crippen LogP contribution < -0.4 is 10.2 Å². The summed E-state index contributed by atoms with van der Waals surface area (Å²) in [7, 11) is -3.05. The van der Waals surface area contributed by atoms with Crippen molar-refractivity contribution in [2.75, 3.05) is 34.8 Å². The Balaban J connectivity index is 1.37. The third-order valence-electron chi connectivity index (χ3n) is 6.55. The number of piperidine rings is 1. The SMILES string of the molecule is O=C(Nc1ccc(N2CCCCC2)cc1)c1c2c(nn1C1CCS(=O)(=O)C1)CCC2. The zero-order valence-corrected chi connectivity index (χ0v) is 18.0. The lowest BCUT2D eigenvalue weighted by atomic mass is 10.1. The van der Waals surface area contributed by atoms with Gasteiger partial charge in [0.2, 0.25) is 0 Å². The van der Waals surface area contributed by atoms with Gasteiger partial charge < -0.3 is 10.2 Å². The first-order valence-electron chi connectivity index (χ1n) is 11.0. The Kier molecular flexibility index (Phi) is 5.05. The van der Waals surface area contributed by atoms with Crippen LogP contribution in [0, 0.1) is 0 Å². The maximum Gasteiger partial charge on any atom is 0.274 e. The first-order chi connectivity index (χ1) is 14.5. The van der Waals surface area contributed by atoms with Crippen LogP contribution in [0.4, 0.5) is 11.4 Å². The molecule has 7 nitrogen and oxygen atoms in total. The Hall–Kier alpha value is -2.35. The molecule has 5 rings (SSSR count).